The zero-order valence-corrected chi connectivity index (χ0v) is 17.5. The van der Waals surface area contributed by atoms with Crippen LogP contribution in [0.4, 0.5) is 4.39 Å². The molecule has 1 aromatic heterocycles. The van der Waals surface area contributed by atoms with Crippen molar-refractivity contribution < 1.29 is 13.9 Å². The van der Waals surface area contributed by atoms with Gasteiger partial charge in [-0.1, -0.05) is 36.4 Å². The van der Waals surface area contributed by atoms with Crippen LogP contribution in [0.25, 0.3) is 11.0 Å². The van der Waals surface area contributed by atoms with Crippen LogP contribution in [0, 0.1) is 5.82 Å². The number of rotatable bonds is 7. The van der Waals surface area contributed by atoms with Crippen molar-refractivity contribution in [2.75, 3.05) is 7.11 Å². The molecule has 4 rings (SSSR count). The number of ether oxygens (including phenoxy) is 1. The first-order valence-corrected chi connectivity index (χ1v) is 10.2. The number of hydrogen-bond acceptors (Lipinski definition) is 3. The molecule has 5 nitrogen and oxygen atoms in total. The Labute approximate surface area is 180 Å². The molecule has 1 heterocycles. The molecule has 0 spiro atoms. The minimum absolute atomic E-state index is 0.0851. The van der Waals surface area contributed by atoms with Crippen LogP contribution < -0.4 is 10.1 Å². The van der Waals surface area contributed by atoms with Crippen LogP contribution >= 0.6 is 0 Å². The van der Waals surface area contributed by atoms with Gasteiger partial charge in [-0.2, -0.15) is 0 Å². The van der Waals surface area contributed by atoms with Gasteiger partial charge >= 0.3 is 0 Å². The highest BCUT2D eigenvalue weighted by atomic mass is 19.1. The monoisotopic (exact) mass is 417 g/mol. The van der Waals surface area contributed by atoms with Gasteiger partial charge in [-0.3, -0.25) is 4.79 Å². The number of halogens is 1. The highest BCUT2D eigenvalue weighted by molar-refractivity contribution is 5.80. The Kier molecular flexibility index (Phi) is 5.98. The number of imidazole rings is 1. The molecule has 6 heteroatoms. The summed E-state index contributed by atoms with van der Waals surface area (Å²) in [7, 11) is 1.61. The zero-order valence-electron chi connectivity index (χ0n) is 17.5. The number of fused-ring (bicyclic) bond motifs is 1. The molecule has 1 amide bonds. The molecule has 1 atom stereocenters. The predicted molar refractivity (Wildman–Crippen MR) is 118 cm³/mol. The summed E-state index contributed by atoms with van der Waals surface area (Å²) in [6, 6.07) is 21.4. The average Bonchev–Trinajstić information content (AvgIpc) is 3.14. The first kappa shape index (κ1) is 20.6. The van der Waals surface area contributed by atoms with Gasteiger partial charge in [-0.15, -0.1) is 0 Å². The normalized spacial score (nSPS) is 12.0. The third kappa shape index (κ3) is 4.74. The van der Waals surface area contributed by atoms with Crippen molar-refractivity contribution >= 4 is 16.9 Å². The van der Waals surface area contributed by atoms with Gasteiger partial charge in [-0.25, -0.2) is 9.37 Å². The van der Waals surface area contributed by atoms with Crippen LogP contribution in [0.3, 0.4) is 0 Å². The fraction of sp³-hybridized carbons (Fsp3) is 0.200. The Bertz CT molecular complexity index is 1180. The SMILES string of the molecule is COc1ccc(CC(=O)NC(C)c2nc3ccccc3n2Cc2ccc(F)cc2)cc1. The number of amides is 1. The lowest BCUT2D eigenvalue weighted by Crippen LogP contribution is -2.30. The van der Waals surface area contributed by atoms with E-state index in [4.69, 9.17) is 9.72 Å². The third-order valence-corrected chi connectivity index (χ3v) is 5.23. The quantitative estimate of drug-likeness (QED) is 0.476. The molecule has 0 saturated heterocycles. The zero-order chi connectivity index (χ0) is 21.8. The molecule has 0 fully saturated rings. The number of hydrogen-bond donors (Lipinski definition) is 1. The van der Waals surface area contributed by atoms with Crippen molar-refractivity contribution in [1.82, 2.24) is 14.9 Å². The van der Waals surface area contributed by atoms with Crippen molar-refractivity contribution in [2.24, 2.45) is 0 Å². The van der Waals surface area contributed by atoms with E-state index in [1.54, 1.807) is 19.2 Å². The number of benzene rings is 3. The topological polar surface area (TPSA) is 56.1 Å². The molecule has 1 unspecified atom stereocenters. The summed E-state index contributed by atoms with van der Waals surface area (Å²) >= 11 is 0. The molecule has 0 aliphatic heterocycles. The molecule has 1 N–H and O–H groups in total. The van der Waals surface area contributed by atoms with Crippen LogP contribution in [0.15, 0.2) is 72.8 Å². The van der Waals surface area contributed by atoms with E-state index >= 15 is 0 Å². The van der Waals surface area contributed by atoms with Gasteiger partial charge in [-0.05, 0) is 54.4 Å². The van der Waals surface area contributed by atoms with Crippen molar-refractivity contribution in [2.45, 2.75) is 25.9 Å². The number of aromatic nitrogens is 2. The van der Waals surface area contributed by atoms with Gasteiger partial charge in [0.2, 0.25) is 5.91 Å². The molecular weight excluding hydrogens is 393 g/mol. The van der Waals surface area contributed by atoms with E-state index in [0.717, 1.165) is 33.7 Å². The van der Waals surface area contributed by atoms with E-state index in [1.807, 2.05) is 55.5 Å². The maximum absolute atomic E-state index is 13.3. The van der Waals surface area contributed by atoms with Gasteiger partial charge in [0, 0.05) is 6.54 Å². The van der Waals surface area contributed by atoms with Crippen molar-refractivity contribution in [3.05, 3.63) is 95.6 Å². The van der Waals surface area contributed by atoms with Crippen LogP contribution in [-0.4, -0.2) is 22.6 Å². The average molecular weight is 417 g/mol. The van der Waals surface area contributed by atoms with Gasteiger partial charge in [0.15, 0.2) is 0 Å². The lowest BCUT2D eigenvalue weighted by molar-refractivity contribution is -0.121. The van der Waals surface area contributed by atoms with E-state index in [2.05, 4.69) is 9.88 Å². The number of carbonyl (C=O) groups excluding carboxylic acids is 1. The number of para-hydroxylation sites is 2. The minimum Gasteiger partial charge on any atom is -0.497 e. The van der Waals surface area contributed by atoms with E-state index in [1.165, 1.54) is 12.1 Å². The van der Waals surface area contributed by atoms with Crippen LogP contribution in [0.2, 0.25) is 0 Å². The molecule has 31 heavy (non-hydrogen) atoms. The summed E-state index contributed by atoms with van der Waals surface area (Å²) in [6.07, 6.45) is 0.270. The molecule has 0 saturated carbocycles. The molecule has 0 aliphatic carbocycles. The number of methoxy groups -OCH3 is 1. The summed E-state index contributed by atoms with van der Waals surface area (Å²) in [5, 5.41) is 3.06. The van der Waals surface area contributed by atoms with E-state index in [-0.39, 0.29) is 24.2 Å². The molecule has 158 valence electrons. The summed E-state index contributed by atoms with van der Waals surface area (Å²) in [5.41, 5.74) is 3.70. The highest BCUT2D eigenvalue weighted by Crippen LogP contribution is 2.23. The molecule has 0 radical (unpaired) electrons. The Morgan fingerprint density at radius 1 is 1.03 bits per heavy atom. The highest BCUT2D eigenvalue weighted by Gasteiger charge is 2.19. The van der Waals surface area contributed by atoms with E-state index < -0.39 is 0 Å². The summed E-state index contributed by atoms with van der Waals surface area (Å²) < 4.78 is 20.5. The Morgan fingerprint density at radius 2 is 1.71 bits per heavy atom. The van der Waals surface area contributed by atoms with E-state index in [0.29, 0.717) is 6.54 Å². The fourth-order valence-electron chi connectivity index (χ4n) is 3.65. The first-order valence-electron chi connectivity index (χ1n) is 10.2. The van der Waals surface area contributed by atoms with Crippen LogP contribution in [0.1, 0.15) is 29.9 Å². The largest absolute Gasteiger partial charge is 0.497 e. The molecule has 0 bridgehead atoms. The second kappa shape index (κ2) is 9.00. The van der Waals surface area contributed by atoms with Crippen molar-refractivity contribution in [3.8, 4) is 5.75 Å². The van der Waals surface area contributed by atoms with E-state index in [9.17, 15) is 9.18 Å². The second-order valence-electron chi connectivity index (χ2n) is 7.49. The van der Waals surface area contributed by atoms with Gasteiger partial charge < -0.3 is 14.6 Å². The van der Waals surface area contributed by atoms with Gasteiger partial charge in [0.1, 0.15) is 17.4 Å². The maximum atomic E-state index is 13.3. The molecule has 0 aliphatic rings. The second-order valence-corrected chi connectivity index (χ2v) is 7.49. The Morgan fingerprint density at radius 3 is 2.42 bits per heavy atom. The standard InChI is InChI=1S/C25H24FN3O2/c1-17(27-24(30)15-18-9-13-21(31-2)14-10-18)25-28-22-5-3-4-6-23(22)29(25)16-19-7-11-20(26)12-8-19/h3-14,17H,15-16H2,1-2H3,(H,27,30). The summed E-state index contributed by atoms with van der Waals surface area (Å²) in [4.78, 5) is 17.4. The minimum atomic E-state index is -0.293. The van der Waals surface area contributed by atoms with Crippen molar-refractivity contribution in [1.29, 1.82) is 0 Å². The third-order valence-electron chi connectivity index (χ3n) is 5.23. The van der Waals surface area contributed by atoms with Crippen LogP contribution in [-0.2, 0) is 17.8 Å². The molecular formula is C25H24FN3O2. The molecule has 3 aromatic carbocycles. The van der Waals surface area contributed by atoms with Gasteiger partial charge in [0.25, 0.3) is 0 Å². The lowest BCUT2D eigenvalue weighted by Gasteiger charge is -2.17. The summed E-state index contributed by atoms with van der Waals surface area (Å²) in [6.45, 7) is 2.46. The predicted octanol–water partition coefficient (Wildman–Crippen LogP) is 4.65. The molecule has 4 aromatic rings. The Hall–Kier alpha value is -3.67. The maximum Gasteiger partial charge on any atom is 0.224 e. The number of nitrogens with one attached hydrogen (secondary N) is 1. The Balaban J connectivity index is 1.55. The number of nitrogens with zero attached hydrogens (tertiary/aromatic N) is 2. The number of carbonyl (C=O) groups is 1. The summed E-state index contributed by atoms with van der Waals surface area (Å²) in [5.74, 6) is 1.16. The van der Waals surface area contributed by atoms with Gasteiger partial charge in [0.05, 0.1) is 30.6 Å². The van der Waals surface area contributed by atoms with Crippen molar-refractivity contribution in [3.63, 3.8) is 0 Å². The fourth-order valence-corrected chi connectivity index (χ4v) is 3.65. The smallest absolute Gasteiger partial charge is 0.224 e. The first-order chi connectivity index (χ1) is 15.0. The van der Waals surface area contributed by atoms with Crippen LogP contribution in [0.5, 0.6) is 5.75 Å². The lowest BCUT2D eigenvalue weighted by atomic mass is 10.1.